The Labute approximate surface area is 393 Å². The summed E-state index contributed by atoms with van der Waals surface area (Å²) in [6, 6.07) is 52.6. The fourth-order valence-corrected chi connectivity index (χ4v) is 7.86. The largest absolute Gasteiger partial charge is 0.459 e. The highest BCUT2D eigenvalue weighted by Gasteiger charge is 2.55. The van der Waals surface area contributed by atoms with Crippen LogP contribution in [0.2, 0.25) is 0 Å². The van der Waals surface area contributed by atoms with E-state index in [0.717, 1.165) is 16.7 Å². The van der Waals surface area contributed by atoms with Gasteiger partial charge in [0, 0.05) is 0 Å². The van der Waals surface area contributed by atoms with Crippen LogP contribution in [0.1, 0.15) is 47.8 Å². The van der Waals surface area contributed by atoms with E-state index in [1.165, 1.54) is 24.3 Å². The van der Waals surface area contributed by atoms with Crippen LogP contribution < -0.4 is 0 Å². The maximum Gasteiger partial charge on any atom is 0.338 e. The van der Waals surface area contributed by atoms with Crippen LogP contribution in [0.3, 0.4) is 0 Å². The van der Waals surface area contributed by atoms with Crippen LogP contribution in [0.15, 0.2) is 182 Å². The van der Waals surface area contributed by atoms with Gasteiger partial charge in [-0.05, 0) is 53.1 Å². The standard InChI is InChI=1S/C54H52O14/c55-44-42(35-63-50(56)39-25-13-4-14-26-39)65-54(49(67-52(58)41-29-17-6-18-30-41)46(44)66-51(57)40-27-15-5-16-28-40)68-45-43(34-60-31-36-19-7-1-8-20-36)64-53(59)48(62-33-38-23-11-3-12-24-38)47(45)61-32-37-21-9-2-10-22-37/h1-30,42-49,53-55,59H,31-35H2/t42-,43-,44-,45-,46+,47+,48-,49-,53+,54+/m1/s1. The third-order valence-corrected chi connectivity index (χ3v) is 11.4. The molecule has 2 aliphatic heterocycles. The Morgan fingerprint density at radius 1 is 0.426 bits per heavy atom. The molecule has 0 aromatic heterocycles. The Balaban J connectivity index is 1.18. The van der Waals surface area contributed by atoms with Gasteiger partial charge in [-0.2, -0.15) is 0 Å². The third kappa shape index (κ3) is 12.7. The average molecular weight is 925 g/mol. The predicted octanol–water partition coefficient (Wildman–Crippen LogP) is 6.87. The van der Waals surface area contributed by atoms with Crippen molar-refractivity contribution in [3.05, 3.63) is 215 Å². The molecular weight excluding hydrogens is 873 g/mol. The molecule has 14 nitrogen and oxygen atoms in total. The number of carbonyl (C=O) groups is 3. The lowest BCUT2D eigenvalue weighted by Crippen LogP contribution is -2.66. The van der Waals surface area contributed by atoms with Crippen molar-refractivity contribution in [2.24, 2.45) is 0 Å². The molecule has 14 heteroatoms. The van der Waals surface area contributed by atoms with E-state index >= 15 is 0 Å². The van der Waals surface area contributed by atoms with Crippen molar-refractivity contribution in [2.75, 3.05) is 13.2 Å². The van der Waals surface area contributed by atoms with Gasteiger partial charge in [-0.25, -0.2) is 14.4 Å². The van der Waals surface area contributed by atoms with Crippen molar-refractivity contribution >= 4 is 17.9 Å². The maximum absolute atomic E-state index is 14.0. The summed E-state index contributed by atoms with van der Waals surface area (Å²) in [4.78, 5) is 41.2. The van der Waals surface area contributed by atoms with Gasteiger partial charge < -0.3 is 52.8 Å². The highest BCUT2D eigenvalue weighted by atomic mass is 16.8. The summed E-state index contributed by atoms with van der Waals surface area (Å²) in [5.41, 5.74) is 3.00. The Hall–Kier alpha value is -6.59. The van der Waals surface area contributed by atoms with E-state index in [1.54, 1.807) is 66.7 Å². The molecule has 2 N–H and O–H groups in total. The van der Waals surface area contributed by atoms with E-state index in [9.17, 15) is 24.6 Å². The fraction of sp³-hybridized carbons (Fsp3) is 0.278. The van der Waals surface area contributed by atoms with Gasteiger partial charge in [-0.3, -0.25) is 0 Å². The van der Waals surface area contributed by atoms with Crippen LogP contribution in [0.25, 0.3) is 0 Å². The van der Waals surface area contributed by atoms with Crippen molar-refractivity contribution < 1.29 is 67.2 Å². The Kier molecular flexibility index (Phi) is 16.8. The summed E-state index contributed by atoms with van der Waals surface area (Å²) < 4.78 is 57.0. The van der Waals surface area contributed by atoms with Crippen LogP contribution in [-0.4, -0.2) is 103 Å². The van der Waals surface area contributed by atoms with E-state index in [4.69, 9.17) is 42.6 Å². The Morgan fingerprint density at radius 2 is 0.853 bits per heavy atom. The lowest BCUT2D eigenvalue weighted by Gasteiger charge is -2.48. The monoisotopic (exact) mass is 924 g/mol. The molecule has 10 atom stereocenters. The minimum atomic E-state index is -1.75. The molecule has 0 unspecified atom stereocenters. The summed E-state index contributed by atoms with van der Waals surface area (Å²) in [7, 11) is 0. The minimum Gasteiger partial charge on any atom is -0.459 e. The highest BCUT2D eigenvalue weighted by molar-refractivity contribution is 5.90. The Morgan fingerprint density at radius 3 is 1.35 bits per heavy atom. The quantitative estimate of drug-likeness (QED) is 0.0636. The second-order valence-electron chi connectivity index (χ2n) is 16.2. The van der Waals surface area contributed by atoms with Crippen LogP contribution in [0.4, 0.5) is 0 Å². The van der Waals surface area contributed by atoms with Gasteiger partial charge in [0.25, 0.3) is 0 Å². The summed E-state index contributed by atoms with van der Waals surface area (Å²) in [5.74, 6) is -2.42. The van der Waals surface area contributed by atoms with Crippen molar-refractivity contribution in [1.29, 1.82) is 0 Å². The van der Waals surface area contributed by atoms with E-state index in [0.29, 0.717) is 0 Å². The molecule has 2 aliphatic rings. The van der Waals surface area contributed by atoms with Crippen LogP contribution in [-0.2, 0) is 62.5 Å². The lowest BCUT2D eigenvalue weighted by atomic mass is 9.96. The van der Waals surface area contributed by atoms with E-state index < -0.39 is 85.9 Å². The molecule has 2 heterocycles. The zero-order chi connectivity index (χ0) is 47.1. The molecular formula is C54H52O14. The minimum absolute atomic E-state index is 0.0346. The van der Waals surface area contributed by atoms with Gasteiger partial charge in [-0.1, -0.05) is 146 Å². The molecule has 0 aliphatic carbocycles. The smallest absolute Gasteiger partial charge is 0.338 e. The van der Waals surface area contributed by atoms with Gasteiger partial charge in [-0.15, -0.1) is 0 Å². The molecule has 0 amide bonds. The molecule has 0 spiro atoms. The molecule has 6 aromatic rings. The van der Waals surface area contributed by atoms with Gasteiger partial charge >= 0.3 is 17.9 Å². The first kappa shape index (κ1) is 47.9. The number of aliphatic hydroxyl groups excluding tert-OH is 2. The highest BCUT2D eigenvalue weighted by Crippen LogP contribution is 2.35. The number of esters is 3. The topological polar surface area (TPSA) is 175 Å². The van der Waals surface area contributed by atoms with Crippen LogP contribution in [0.5, 0.6) is 0 Å². The molecule has 8 rings (SSSR count). The van der Waals surface area contributed by atoms with Crippen molar-refractivity contribution in [3.63, 3.8) is 0 Å². The third-order valence-electron chi connectivity index (χ3n) is 11.4. The summed E-state index contributed by atoms with van der Waals surface area (Å²) >= 11 is 0. The second kappa shape index (κ2) is 23.9. The summed E-state index contributed by atoms with van der Waals surface area (Å²) in [6.45, 7) is -0.445. The van der Waals surface area contributed by atoms with Crippen molar-refractivity contribution in [1.82, 2.24) is 0 Å². The zero-order valence-electron chi connectivity index (χ0n) is 36.9. The molecule has 68 heavy (non-hydrogen) atoms. The summed E-state index contributed by atoms with van der Waals surface area (Å²) in [6.07, 6.45) is -14.5. The number of hydrogen-bond donors (Lipinski definition) is 2. The van der Waals surface area contributed by atoms with Gasteiger partial charge in [0.2, 0.25) is 0 Å². The molecule has 6 aromatic carbocycles. The number of aliphatic hydroxyl groups is 2. The van der Waals surface area contributed by atoms with Gasteiger partial charge in [0.1, 0.15) is 43.2 Å². The maximum atomic E-state index is 14.0. The summed E-state index contributed by atoms with van der Waals surface area (Å²) in [5, 5.41) is 23.9. The zero-order valence-corrected chi connectivity index (χ0v) is 36.9. The molecule has 2 fully saturated rings. The first-order valence-electron chi connectivity index (χ1n) is 22.3. The number of rotatable bonds is 19. The second-order valence-corrected chi connectivity index (χ2v) is 16.2. The molecule has 0 radical (unpaired) electrons. The SMILES string of the molecule is O=C(OC[C@H]1O[C@@H](O[C@H]2[C@H](OCc3ccccc3)[C@@H](OCc3ccccc3)[C@@H](O)O[C@@H]2COCc2ccccc2)[C@H](OC(=O)c2ccccc2)[C@@H](OC(=O)c2ccccc2)[C@@H]1O)c1ccccc1. The van der Waals surface area contributed by atoms with Gasteiger partial charge in [0.05, 0.1) is 43.1 Å². The number of carbonyl (C=O) groups excluding carboxylic acids is 3. The van der Waals surface area contributed by atoms with Gasteiger partial charge in [0.15, 0.2) is 24.8 Å². The van der Waals surface area contributed by atoms with E-state index in [2.05, 4.69) is 0 Å². The molecule has 2 saturated heterocycles. The van der Waals surface area contributed by atoms with E-state index in [1.807, 2.05) is 91.0 Å². The number of hydrogen-bond acceptors (Lipinski definition) is 14. The number of ether oxygens (including phenoxy) is 9. The van der Waals surface area contributed by atoms with Crippen LogP contribution >= 0.6 is 0 Å². The molecule has 0 bridgehead atoms. The predicted molar refractivity (Wildman–Crippen MR) is 245 cm³/mol. The Bertz CT molecular complexity index is 2470. The molecule has 0 saturated carbocycles. The fourth-order valence-electron chi connectivity index (χ4n) is 7.86. The first-order valence-corrected chi connectivity index (χ1v) is 22.3. The normalized spacial score (nSPS) is 24.6. The number of benzene rings is 6. The van der Waals surface area contributed by atoms with Crippen molar-refractivity contribution in [3.8, 4) is 0 Å². The molecule has 352 valence electrons. The average Bonchev–Trinajstić information content (AvgIpc) is 3.39. The van der Waals surface area contributed by atoms with Crippen molar-refractivity contribution in [2.45, 2.75) is 81.2 Å². The van der Waals surface area contributed by atoms with Crippen LogP contribution in [0, 0.1) is 0 Å². The lowest BCUT2D eigenvalue weighted by molar-refractivity contribution is -0.363. The van der Waals surface area contributed by atoms with E-state index in [-0.39, 0.29) is 43.1 Å². The first-order chi connectivity index (χ1) is 33.3.